The highest BCUT2D eigenvalue weighted by Crippen LogP contribution is 2.23. The van der Waals surface area contributed by atoms with E-state index in [2.05, 4.69) is 17.6 Å². The normalized spacial score (nSPS) is 19.8. The Hall–Kier alpha value is -2.28. The van der Waals surface area contributed by atoms with Gasteiger partial charge in [0.25, 0.3) is 5.91 Å². The highest BCUT2D eigenvalue weighted by Gasteiger charge is 2.23. The molecule has 0 heterocycles. The summed E-state index contributed by atoms with van der Waals surface area (Å²) in [6, 6.07) is 3.32. The van der Waals surface area contributed by atoms with Crippen molar-refractivity contribution in [2.45, 2.75) is 38.6 Å². The minimum atomic E-state index is -0.906. The third kappa shape index (κ3) is 5.63. The zero-order chi connectivity index (χ0) is 18.4. The molecular weight excluding hydrogens is 348 g/mol. The van der Waals surface area contributed by atoms with Crippen molar-refractivity contribution in [1.29, 1.82) is 0 Å². The molecule has 25 heavy (non-hydrogen) atoms. The largest absolute Gasteiger partial charge is 0.507 e. The molecule has 3 N–H and O–H groups in total. The number of hydrogen-bond donors (Lipinski definition) is 3. The maximum atomic E-state index is 11.8. The van der Waals surface area contributed by atoms with Crippen LogP contribution in [-0.4, -0.2) is 35.7 Å². The molecule has 0 aromatic heterocycles. The number of rotatable bonds is 4. The van der Waals surface area contributed by atoms with Gasteiger partial charge in [-0.1, -0.05) is 31.4 Å². The van der Waals surface area contributed by atoms with Crippen LogP contribution in [0.25, 0.3) is 0 Å². The minimum absolute atomic E-state index is 0.0347. The van der Waals surface area contributed by atoms with Crippen LogP contribution in [0.4, 0.5) is 4.79 Å². The van der Waals surface area contributed by atoms with Gasteiger partial charge in [0.05, 0.1) is 0 Å². The molecule has 2 atom stereocenters. The number of halogens is 1. The summed E-state index contributed by atoms with van der Waals surface area (Å²) < 4.78 is 4.79. The van der Waals surface area contributed by atoms with Crippen LogP contribution in [-0.2, 0) is 9.53 Å². The van der Waals surface area contributed by atoms with E-state index in [-0.39, 0.29) is 22.4 Å². The van der Waals surface area contributed by atoms with Crippen molar-refractivity contribution in [3.8, 4) is 5.75 Å². The van der Waals surface area contributed by atoms with Crippen molar-refractivity contribution in [3.63, 3.8) is 0 Å². The summed E-state index contributed by atoms with van der Waals surface area (Å²) in [6.07, 6.45) is 4.11. The first-order chi connectivity index (χ1) is 11.9. The fraction of sp³-hybridized carbons (Fsp3) is 0.471. The van der Waals surface area contributed by atoms with Gasteiger partial charge in [0.1, 0.15) is 11.3 Å². The van der Waals surface area contributed by atoms with Crippen molar-refractivity contribution < 1.29 is 24.2 Å². The average molecular weight is 369 g/mol. The maximum Gasteiger partial charge on any atom is 0.342 e. The second-order valence-corrected chi connectivity index (χ2v) is 6.56. The lowest BCUT2D eigenvalue weighted by Crippen LogP contribution is -2.48. The van der Waals surface area contributed by atoms with E-state index in [1.807, 2.05) is 0 Å². The first-order valence-corrected chi connectivity index (χ1v) is 8.50. The maximum absolute atomic E-state index is 11.8. The Kier molecular flexibility index (Phi) is 6.64. The van der Waals surface area contributed by atoms with E-state index in [0.717, 1.165) is 25.7 Å². The Morgan fingerprint density at radius 2 is 2.00 bits per heavy atom. The Morgan fingerprint density at radius 1 is 1.28 bits per heavy atom. The fourth-order valence-corrected chi connectivity index (χ4v) is 2.95. The predicted molar refractivity (Wildman–Crippen MR) is 91.5 cm³/mol. The molecule has 1 aliphatic carbocycles. The number of aromatic hydroxyl groups is 1. The van der Waals surface area contributed by atoms with Crippen molar-refractivity contribution in [1.82, 2.24) is 10.6 Å². The number of urea groups is 1. The molecule has 8 heteroatoms. The van der Waals surface area contributed by atoms with Gasteiger partial charge in [-0.2, -0.15) is 0 Å². The monoisotopic (exact) mass is 368 g/mol. The number of phenols is 1. The highest BCUT2D eigenvalue weighted by atomic mass is 35.5. The summed E-state index contributed by atoms with van der Waals surface area (Å²) in [4.78, 5) is 35.4. The topological polar surface area (TPSA) is 105 Å². The number of carbonyl (C=O) groups excluding carboxylic acids is 3. The predicted octanol–water partition coefficient (Wildman–Crippen LogP) is 2.61. The van der Waals surface area contributed by atoms with E-state index in [4.69, 9.17) is 16.3 Å². The molecule has 1 fully saturated rings. The quantitative estimate of drug-likeness (QED) is 0.708. The molecule has 1 aromatic carbocycles. The van der Waals surface area contributed by atoms with Gasteiger partial charge in [-0.15, -0.1) is 0 Å². The SMILES string of the molecule is C[C@@H]1CCCC[C@@H]1NC(=O)NC(=O)COC(=O)c1cc(Cl)ccc1O. The summed E-state index contributed by atoms with van der Waals surface area (Å²) in [5.41, 5.74) is -0.152. The van der Waals surface area contributed by atoms with Crippen molar-refractivity contribution in [3.05, 3.63) is 28.8 Å². The molecule has 0 unspecified atom stereocenters. The van der Waals surface area contributed by atoms with Crippen LogP contribution in [0, 0.1) is 5.92 Å². The second kappa shape index (κ2) is 8.71. The van der Waals surface area contributed by atoms with E-state index in [9.17, 15) is 19.5 Å². The molecule has 3 amide bonds. The summed E-state index contributed by atoms with van der Waals surface area (Å²) in [6.45, 7) is 1.42. The van der Waals surface area contributed by atoms with Crippen LogP contribution in [0.1, 0.15) is 43.0 Å². The van der Waals surface area contributed by atoms with E-state index in [1.165, 1.54) is 18.2 Å². The lowest BCUT2D eigenvalue weighted by Gasteiger charge is -2.29. The minimum Gasteiger partial charge on any atom is -0.507 e. The van der Waals surface area contributed by atoms with Crippen LogP contribution in [0.2, 0.25) is 5.02 Å². The third-order valence-electron chi connectivity index (χ3n) is 4.19. The number of esters is 1. The van der Waals surface area contributed by atoms with E-state index in [0.29, 0.717) is 5.92 Å². The Morgan fingerprint density at radius 3 is 2.72 bits per heavy atom. The molecule has 0 spiro atoms. The van der Waals surface area contributed by atoms with Gasteiger partial charge in [0, 0.05) is 11.1 Å². The summed E-state index contributed by atoms with van der Waals surface area (Å²) in [5, 5.41) is 14.7. The zero-order valence-electron chi connectivity index (χ0n) is 13.9. The number of hydrogen-bond acceptors (Lipinski definition) is 5. The van der Waals surface area contributed by atoms with Gasteiger partial charge in [-0.3, -0.25) is 10.1 Å². The second-order valence-electron chi connectivity index (χ2n) is 6.13. The molecule has 7 nitrogen and oxygen atoms in total. The molecular formula is C17H21ClN2O5. The molecule has 0 saturated heterocycles. The number of benzene rings is 1. The van der Waals surface area contributed by atoms with Crippen LogP contribution < -0.4 is 10.6 Å². The summed E-state index contributed by atoms with van der Waals surface area (Å²) >= 11 is 5.75. The van der Waals surface area contributed by atoms with Crippen molar-refractivity contribution in [2.75, 3.05) is 6.61 Å². The molecule has 0 aliphatic heterocycles. The zero-order valence-corrected chi connectivity index (χ0v) is 14.6. The van der Waals surface area contributed by atoms with Gasteiger partial charge in [0.15, 0.2) is 6.61 Å². The molecule has 1 aromatic rings. The number of carbonyl (C=O) groups is 3. The Balaban J connectivity index is 1.79. The molecule has 2 rings (SSSR count). The molecule has 1 saturated carbocycles. The van der Waals surface area contributed by atoms with E-state index >= 15 is 0 Å². The number of nitrogens with one attached hydrogen (secondary N) is 2. The first kappa shape index (κ1) is 19.1. The third-order valence-corrected chi connectivity index (χ3v) is 4.43. The van der Waals surface area contributed by atoms with E-state index in [1.54, 1.807) is 0 Å². The van der Waals surface area contributed by atoms with Crippen molar-refractivity contribution >= 4 is 29.5 Å². The fourth-order valence-electron chi connectivity index (χ4n) is 2.78. The van der Waals surface area contributed by atoms with Gasteiger partial charge in [0.2, 0.25) is 0 Å². The van der Waals surface area contributed by atoms with Gasteiger partial charge in [-0.05, 0) is 37.0 Å². The van der Waals surface area contributed by atoms with Crippen LogP contribution in [0.15, 0.2) is 18.2 Å². The highest BCUT2D eigenvalue weighted by molar-refractivity contribution is 6.31. The van der Waals surface area contributed by atoms with Crippen LogP contribution in [0.3, 0.4) is 0 Å². The molecule has 0 bridgehead atoms. The number of ether oxygens (including phenoxy) is 1. The summed E-state index contributed by atoms with van der Waals surface area (Å²) in [7, 11) is 0. The Labute approximate surface area is 150 Å². The van der Waals surface area contributed by atoms with Gasteiger partial charge >= 0.3 is 12.0 Å². The average Bonchev–Trinajstić information content (AvgIpc) is 2.57. The first-order valence-electron chi connectivity index (χ1n) is 8.13. The van der Waals surface area contributed by atoms with E-state index < -0.39 is 24.5 Å². The van der Waals surface area contributed by atoms with Crippen LogP contribution in [0.5, 0.6) is 5.75 Å². The van der Waals surface area contributed by atoms with Crippen LogP contribution >= 0.6 is 11.6 Å². The van der Waals surface area contributed by atoms with Gasteiger partial charge in [-0.25, -0.2) is 9.59 Å². The standard InChI is InChI=1S/C17H21ClN2O5/c1-10-4-2-3-5-13(10)19-17(24)20-15(22)9-25-16(23)12-8-11(18)6-7-14(12)21/h6-8,10,13,21H,2-5,9H2,1H3,(H2,19,20,22,24)/t10-,13+/m1/s1. The lowest BCUT2D eigenvalue weighted by atomic mass is 9.86. The number of amides is 3. The summed E-state index contributed by atoms with van der Waals surface area (Å²) in [5.74, 6) is -1.61. The van der Waals surface area contributed by atoms with Crippen molar-refractivity contribution in [2.24, 2.45) is 5.92 Å². The Bertz CT molecular complexity index is 664. The smallest absolute Gasteiger partial charge is 0.342 e. The lowest BCUT2D eigenvalue weighted by molar-refractivity contribution is -0.123. The molecule has 0 radical (unpaired) electrons. The number of phenolic OH excluding ortho intramolecular Hbond substituents is 1. The molecule has 136 valence electrons. The number of imide groups is 1. The van der Waals surface area contributed by atoms with Gasteiger partial charge < -0.3 is 15.2 Å². The molecule has 1 aliphatic rings.